The van der Waals surface area contributed by atoms with Gasteiger partial charge in [-0.05, 0) is 30.5 Å². The Morgan fingerprint density at radius 2 is 1.79 bits per heavy atom. The fourth-order valence-electron chi connectivity index (χ4n) is 1.82. The maximum absolute atomic E-state index is 12.8. The number of benzene rings is 1. The lowest BCUT2D eigenvalue weighted by atomic mass is 10.0. The molecule has 0 heterocycles. The second-order valence-corrected chi connectivity index (χ2v) is 4.75. The fraction of sp³-hybridized carbons (Fsp3) is 0.429. The molecule has 4 nitrogen and oxygen atoms in total. The molecule has 0 saturated carbocycles. The van der Waals surface area contributed by atoms with Crippen molar-refractivity contribution in [2.24, 2.45) is 5.92 Å². The van der Waals surface area contributed by atoms with Crippen LogP contribution >= 0.6 is 0 Å². The van der Waals surface area contributed by atoms with Gasteiger partial charge in [-0.1, -0.05) is 19.1 Å². The van der Waals surface area contributed by atoms with Crippen molar-refractivity contribution in [1.29, 1.82) is 0 Å². The lowest BCUT2D eigenvalue weighted by Crippen LogP contribution is -2.28. The second-order valence-electron chi connectivity index (χ2n) is 4.75. The molecule has 5 heteroatoms. The molecule has 0 aromatic heterocycles. The number of carboxylic acids is 1. The Labute approximate surface area is 111 Å². The van der Waals surface area contributed by atoms with Crippen molar-refractivity contribution in [2.45, 2.75) is 32.7 Å². The van der Waals surface area contributed by atoms with Gasteiger partial charge in [-0.2, -0.15) is 0 Å². The molecule has 1 amide bonds. The minimum absolute atomic E-state index is 0.0294. The molecule has 0 aliphatic carbocycles. The van der Waals surface area contributed by atoms with Crippen LogP contribution in [-0.2, 0) is 9.59 Å². The number of amides is 1. The first-order valence-electron chi connectivity index (χ1n) is 6.15. The topological polar surface area (TPSA) is 66.4 Å². The summed E-state index contributed by atoms with van der Waals surface area (Å²) in [6.07, 6.45) is 0.135. The van der Waals surface area contributed by atoms with Crippen LogP contribution in [0.3, 0.4) is 0 Å². The van der Waals surface area contributed by atoms with E-state index in [0.717, 1.165) is 5.56 Å². The summed E-state index contributed by atoms with van der Waals surface area (Å²) in [6, 6.07) is 5.67. The molecule has 0 bridgehead atoms. The summed E-state index contributed by atoms with van der Waals surface area (Å²) in [5, 5.41) is 11.4. The van der Waals surface area contributed by atoms with Crippen molar-refractivity contribution in [2.75, 3.05) is 0 Å². The Morgan fingerprint density at radius 1 is 1.21 bits per heavy atom. The summed E-state index contributed by atoms with van der Waals surface area (Å²) in [5.41, 5.74) is 0.806. The highest BCUT2D eigenvalue weighted by Crippen LogP contribution is 2.14. The van der Waals surface area contributed by atoms with Crippen molar-refractivity contribution in [1.82, 2.24) is 5.32 Å². The summed E-state index contributed by atoms with van der Waals surface area (Å²) in [6.45, 7) is 3.52. The SMILES string of the molecule is CC(CC(=O)O)CC(=O)N[C@H](C)c1ccc(F)cc1. The molecular formula is C14H18FNO3. The Kier molecular flexibility index (Phi) is 5.48. The normalized spacial score (nSPS) is 13.6. The maximum Gasteiger partial charge on any atom is 0.303 e. The van der Waals surface area contributed by atoms with Gasteiger partial charge in [-0.25, -0.2) is 4.39 Å². The average Bonchev–Trinajstić information content (AvgIpc) is 2.27. The van der Waals surface area contributed by atoms with Gasteiger partial charge in [-0.3, -0.25) is 9.59 Å². The zero-order valence-electron chi connectivity index (χ0n) is 11.0. The van der Waals surface area contributed by atoms with Crippen LogP contribution in [0.15, 0.2) is 24.3 Å². The Balaban J connectivity index is 2.47. The van der Waals surface area contributed by atoms with Crippen molar-refractivity contribution in [3.05, 3.63) is 35.6 Å². The molecule has 0 aliphatic heterocycles. The number of carbonyl (C=O) groups is 2. The van der Waals surface area contributed by atoms with E-state index in [4.69, 9.17) is 5.11 Å². The number of nitrogens with one attached hydrogen (secondary N) is 1. The number of carbonyl (C=O) groups excluding carboxylic acids is 1. The lowest BCUT2D eigenvalue weighted by molar-refractivity contribution is -0.138. The van der Waals surface area contributed by atoms with Crippen LogP contribution in [0.2, 0.25) is 0 Å². The first-order chi connectivity index (χ1) is 8.88. The van der Waals surface area contributed by atoms with Crippen LogP contribution in [0.25, 0.3) is 0 Å². The van der Waals surface area contributed by atoms with Crippen molar-refractivity contribution in [3.8, 4) is 0 Å². The monoisotopic (exact) mass is 267 g/mol. The minimum atomic E-state index is -0.910. The molecule has 0 spiro atoms. The third-order valence-electron chi connectivity index (χ3n) is 2.80. The largest absolute Gasteiger partial charge is 0.481 e. The van der Waals surface area contributed by atoms with E-state index in [-0.39, 0.29) is 36.5 Å². The van der Waals surface area contributed by atoms with Gasteiger partial charge in [0.15, 0.2) is 0 Å². The summed E-state index contributed by atoms with van der Waals surface area (Å²) in [5.74, 6) is -1.65. The van der Waals surface area contributed by atoms with Crippen molar-refractivity contribution < 1.29 is 19.1 Å². The van der Waals surface area contributed by atoms with E-state index in [0.29, 0.717) is 0 Å². The summed E-state index contributed by atoms with van der Waals surface area (Å²) < 4.78 is 12.8. The smallest absolute Gasteiger partial charge is 0.303 e. The van der Waals surface area contributed by atoms with Crippen LogP contribution in [-0.4, -0.2) is 17.0 Å². The van der Waals surface area contributed by atoms with E-state index in [1.807, 2.05) is 0 Å². The number of carboxylic acid groups (broad SMARTS) is 1. The van der Waals surface area contributed by atoms with E-state index < -0.39 is 5.97 Å². The highest BCUT2D eigenvalue weighted by molar-refractivity contribution is 5.77. The molecule has 19 heavy (non-hydrogen) atoms. The van der Waals surface area contributed by atoms with E-state index in [2.05, 4.69) is 5.32 Å². The van der Waals surface area contributed by atoms with Crippen molar-refractivity contribution >= 4 is 11.9 Å². The third kappa shape index (κ3) is 5.50. The zero-order valence-corrected chi connectivity index (χ0v) is 11.0. The molecule has 1 unspecified atom stereocenters. The number of rotatable bonds is 6. The third-order valence-corrected chi connectivity index (χ3v) is 2.80. The number of hydrogen-bond donors (Lipinski definition) is 2. The molecular weight excluding hydrogens is 249 g/mol. The molecule has 2 atom stereocenters. The maximum atomic E-state index is 12.8. The standard InChI is InChI=1S/C14H18FNO3/c1-9(8-14(18)19)7-13(17)16-10(2)11-3-5-12(15)6-4-11/h3-6,9-10H,7-8H2,1-2H3,(H,16,17)(H,18,19)/t9?,10-/m1/s1. The first kappa shape index (κ1) is 15.1. The van der Waals surface area contributed by atoms with Gasteiger partial charge in [-0.15, -0.1) is 0 Å². The summed E-state index contributed by atoms with van der Waals surface area (Å²) in [4.78, 5) is 22.2. The van der Waals surface area contributed by atoms with E-state index in [1.54, 1.807) is 26.0 Å². The van der Waals surface area contributed by atoms with Gasteiger partial charge in [0.05, 0.1) is 6.04 Å². The molecule has 1 aromatic rings. The molecule has 0 aliphatic rings. The van der Waals surface area contributed by atoms with Gasteiger partial charge in [0.1, 0.15) is 5.82 Å². The Bertz CT molecular complexity index is 445. The van der Waals surface area contributed by atoms with E-state index in [1.165, 1.54) is 12.1 Å². The molecule has 0 fully saturated rings. The predicted octanol–water partition coefficient (Wildman–Crippen LogP) is 2.50. The van der Waals surface area contributed by atoms with Crippen LogP contribution < -0.4 is 5.32 Å². The molecule has 2 N–H and O–H groups in total. The molecule has 1 rings (SSSR count). The average molecular weight is 267 g/mol. The highest BCUT2D eigenvalue weighted by atomic mass is 19.1. The van der Waals surface area contributed by atoms with Crippen LogP contribution in [0.1, 0.15) is 38.3 Å². The van der Waals surface area contributed by atoms with Crippen LogP contribution in [0, 0.1) is 11.7 Å². The summed E-state index contributed by atoms with van der Waals surface area (Å²) in [7, 11) is 0. The van der Waals surface area contributed by atoms with Gasteiger partial charge < -0.3 is 10.4 Å². The molecule has 0 saturated heterocycles. The first-order valence-corrected chi connectivity index (χ1v) is 6.15. The number of halogens is 1. The van der Waals surface area contributed by atoms with E-state index >= 15 is 0 Å². The molecule has 0 radical (unpaired) electrons. The fourth-order valence-corrected chi connectivity index (χ4v) is 1.82. The highest BCUT2D eigenvalue weighted by Gasteiger charge is 2.15. The lowest BCUT2D eigenvalue weighted by Gasteiger charge is -2.16. The molecule has 1 aromatic carbocycles. The van der Waals surface area contributed by atoms with Crippen molar-refractivity contribution in [3.63, 3.8) is 0 Å². The molecule has 104 valence electrons. The quantitative estimate of drug-likeness (QED) is 0.832. The minimum Gasteiger partial charge on any atom is -0.481 e. The zero-order chi connectivity index (χ0) is 14.4. The predicted molar refractivity (Wildman–Crippen MR) is 69.0 cm³/mol. The Morgan fingerprint density at radius 3 is 2.32 bits per heavy atom. The number of hydrogen-bond acceptors (Lipinski definition) is 2. The van der Waals surface area contributed by atoms with Gasteiger partial charge in [0, 0.05) is 12.8 Å². The van der Waals surface area contributed by atoms with E-state index in [9.17, 15) is 14.0 Å². The summed E-state index contributed by atoms with van der Waals surface area (Å²) >= 11 is 0. The Hall–Kier alpha value is -1.91. The second kappa shape index (κ2) is 6.87. The van der Waals surface area contributed by atoms with Crippen LogP contribution in [0.4, 0.5) is 4.39 Å². The van der Waals surface area contributed by atoms with Crippen LogP contribution in [0.5, 0.6) is 0 Å². The van der Waals surface area contributed by atoms with Gasteiger partial charge in [0.25, 0.3) is 0 Å². The van der Waals surface area contributed by atoms with Gasteiger partial charge in [0.2, 0.25) is 5.91 Å². The van der Waals surface area contributed by atoms with Gasteiger partial charge >= 0.3 is 5.97 Å². The number of aliphatic carboxylic acids is 1.